The number of amides is 1. The maximum absolute atomic E-state index is 11.9. The lowest BCUT2D eigenvalue weighted by atomic mass is 9.99. The third-order valence-electron chi connectivity index (χ3n) is 6.64. The Morgan fingerprint density at radius 3 is 2.27 bits per heavy atom. The first kappa shape index (κ1) is 27.7. The number of rotatable bonds is 7. The molecule has 1 aromatic rings. The molecule has 186 valence electrons. The van der Waals surface area contributed by atoms with Crippen LogP contribution in [0.4, 0.5) is 5.69 Å². The van der Waals surface area contributed by atoms with E-state index in [2.05, 4.69) is 58.5 Å². The summed E-state index contributed by atoms with van der Waals surface area (Å²) >= 11 is 0. The topological polar surface area (TPSA) is 63.2 Å². The van der Waals surface area contributed by atoms with Crippen LogP contribution in [-0.4, -0.2) is 81.1 Å². The molecule has 33 heavy (non-hydrogen) atoms. The summed E-state index contributed by atoms with van der Waals surface area (Å²) in [7, 11) is 3.63. The zero-order valence-electron chi connectivity index (χ0n) is 20.8. The van der Waals surface area contributed by atoms with Gasteiger partial charge in [0.25, 0.3) is 0 Å². The van der Waals surface area contributed by atoms with E-state index < -0.39 is 0 Å². The molecule has 1 aromatic carbocycles. The number of nitrogens with one attached hydrogen (secondary N) is 2. The summed E-state index contributed by atoms with van der Waals surface area (Å²) in [4.78, 5) is 23.2. The number of benzene rings is 1. The maximum atomic E-state index is 11.9. The van der Waals surface area contributed by atoms with E-state index in [1.807, 2.05) is 14.1 Å². The molecule has 0 atom stereocenters. The molecule has 3 rings (SSSR count). The standard InChI is InChI=1S/C25H42N6O.HI/c1-5-26-25(28-22-12-14-30(15-13-22)19-24(32)29(3)4)27-18-21-6-8-23(9-7-21)31-16-10-20(2)11-17-31;/h6-9,20,22H,5,10-19H2,1-4H3,(H2,26,27,28);1H. The van der Waals surface area contributed by atoms with E-state index in [1.165, 1.54) is 24.1 Å². The van der Waals surface area contributed by atoms with Crippen molar-refractivity contribution >= 4 is 41.5 Å². The Kier molecular flexibility index (Phi) is 11.7. The minimum absolute atomic E-state index is 0. The van der Waals surface area contributed by atoms with Gasteiger partial charge in [0.2, 0.25) is 5.91 Å². The molecule has 0 aromatic heterocycles. The van der Waals surface area contributed by atoms with Gasteiger partial charge in [-0.2, -0.15) is 0 Å². The smallest absolute Gasteiger partial charge is 0.236 e. The van der Waals surface area contributed by atoms with E-state index in [0.717, 1.165) is 57.4 Å². The minimum atomic E-state index is 0. The van der Waals surface area contributed by atoms with Gasteiger partial charge in [0.1, 0.15) is 0 Å². The Bertz CT molecular complexity index is 738. The second kappa shape index (κ2) is 14.0. The molecule has 2 aliphatic rings. The van der Waals surface area contributed by atoms with Crippen molar-refractivity contribution in [3.63, 3.8) is 0 Å². The fraction of sp³-hybridized carbons (Fsp3) is 0.680. The van der Waals surface area contributed by atoms with Crippen LogP contribution in [0.5, 0.6) is 0 Å². The molecule has 2 aliphatic heterocycles. The predicted octanol–water partition coefficient (Wildman–Crippen LogP) is 3.15. The van der Waals surface area contributed by atoms with Crippen LogP contribution in [0.1, 0.15) is 45.1 Å². The van der Waals surface area contributed by atoms with E-state index in [0.29, 0.717) is 19.1 Å². The Balaban J connectivity index is 0.00000385. The number of aliphatic imine (C=N–C) groups is 1. The highest BCUT2D eigenvalue weighted by atomic mass is 127. The average molecular weight is 571 g/mol. The maximum Gasteiger partial charge on any atom is 0.236 e. The number of anilines is 1. The number of piperidine rings is 2. The van der Waals surface area contributed by atoms with E-state index >= 15 is 0 Å². The Morgan fingerprint density at radius 1 is 1.06 bits per heavy atom. The van der Waals surface area contributed by atoms with E-state index in [1.54, 1.807) is 4.90 Å². The quantitative estimate of drug-likeness (QED) is 0.300. The van der Waals surface area contributed by atoms with Crippen molar-refractivity contribution in [2.24, 2.45) is 10.9 Å². The van der Waals surface area contributed by atoms with Crippen LogP contribution in [0.2, 0.25) is 0 Å². The highest BCUT2D eigenvalue weighted by Crippen LogP contribution is 2.23. The van der Waals surface area contributed by atoms with Crippen molar-refractivity contribution in [1.82, 2.24) is 20.4 Å². The zero-order valence-corrected chi connectivity index (χ0v) is 23.2. The summed E-state index contributed by atoms with van der Waals surface area (Å²) in [5.41, 5.74) is 2.56. The van der Waals surface area contributed by atoms with Crippen molar-refractivity contribution in [2.45, 2.75) is 52.1 Å². The Labute approximate surface area is 217 Å². The zero-order chi connectivity index (χ0) is 22.9. The number of halogens is 1. The minimum Gasteiger partial charge on any atom is -0.372 e. The predicted molar refractivity (Wildman–Crippen MR) is 149 cm³/mol. The molecule has 0 radical (unpaired) electrons. The molecule has 0 saturated carbocycles. The number of likely N-dealkylation sites (tertiary alicyclic amines) is 1. The SMILES string of the molecule is CCNC(=NCc1ccc(N2CCC(C)CC2)cc1)NC1CCN(CC(=O)N(C)C)CC1.I. The highest BCUT2D eigenvalue weighted by molar-refractivity contribution is 14.0. The van der Waals surface area contributed by atoms with Gasteiger partial charge in [0, 0.05) is 58.5 Å². The molecule has 0 unspecified atom stereocenters. The molecule has 0 bridgehead atoms. The number of hydrogen-bond donors (Lipinski definition) is 2. The van der Waals surface area contributed by atoms with Crippen molar-refractivity contribution in [3.8, 4) is 0 Å². The molecule has 2 heterocycles. The van der Waals surface area contributed by atoms with Crippen LogP contribution in [0, 0.1) is 5.92 Å². The number of hydrogen-bond acceptors (Lipinski definition) is 4. The van der Waals surface area contributed by atoms with Crippen LogP contribution in [0.15, 0.2) is 29.3 Å². The molecule has 0 aliphatic carbocycles. The van der Waals surface area contributed by atoms with Gasteiger partial charge >= 0.3 is 0 Å². The lowest BCUT2D eigenvalue weighted by Gasteiger charge is -2.33. The van der Waals surface area contributed by atoms with Gasteiger partial charge in [-0.15, -0.1) is 24.0 Å². The largest absolute Gasteiger partial charge is 0.372 e. The Hall–Kier alpha value is -1.55. The fourth-order valence-electron chi connectivity index (χ4n) is 4.33. The third-order valence-corrected chi connectivity index (χ3v) is 6.64. The van der Waals surface area contributed by atoms with E-state index in [4.69, 9.17) is 4.99 Å². The van der Waals surface area contributed by atoms with Crippen LogP contribution >= 0.6 is 24.0 Å². The number of carbonyl (C=O) groups excluding carboxylic acids is 1. The van der Waals surface area contributed by atoms with Crippen molar-refractivity contribution in [3.05, 3.63) is 29.8 Å². The van der Waals surface area contributed by atoms with Gasteiger partial charge in [0.05, 0.1) is 13.1 Å². The van der Waals surface area contributed by atoms with Crippen molar-refractivity contribution in [2.75, 3.05) is 58.3 Å². The third kappa shape index (κ3) is 8.96. The van der Waals surface area contributed by atoms with Crippen molar-refractivity contribution in [1.29, 1.82) is 0 Å². The number of nitrogens with zero attached hydrogens (tertiary/aromatic N) is 4. The van der Waals surface area contributed by atoms with Gasteiger partial charge in [-0.25, -0.2) is 4.99 Å². The molecule has 2 saturated heterocycles. The average Bonchev–Trinajstić information content (AvgIpc) is 2.80. The van der Waals surface area contributed by atoms with Gasteiger partial charge < -0.3 is 20.4 Å². The first-order valence-electron chi connectivity index (χ1n) is 12.3. The van der Waals surface area contributed by atoms with E-state index in [9.17, 15) is 4.79 Å². The normalized spacial score (nSPS) is 18.5. The van der Waals surface area contributed by atoms with Gasteiger partial charge in [-0.1, -0.05) is 19.1 Å². The molecule has 7 nitrogen and oxygen atoms in total. The van der Waals surface area contributed by atoms with Crippen LogP contribution < -0.4 is 15.5 Å². The summed E-state index contributed by atoms with van der Waals surface area (Å²) in [6.07, 6.45) is 4.62. The second-order valence-electron chi connectivity index (χ2n) is 9.51. The number of likely N-dealkylation sites (N-methyl/N-ethyl adjacent to an activating group) is 1. The van der Waals surface area contributed by atoms with Crippen LogP contribution in [0.3, 0.4) is 0 Å². The number of guanidine groups is 1. The molecular formula is C25H43IN6O. The molecule has 0 spiro atoms. The van der Waals surface area contributed by atoms with Gasteiger partial charge in [0.15, 0.2) is 5.96 Å². The number of carbonyl (C=O) groups is 1. The lowest BCUT2D eigenvalue weighted by Crippen LogP contribution is -2.50. The molecule has 8 heteroatoms. The fourth-order valence-corrected chi connectivity index (χ4v) is 4.33. The summed E-state index contributed by atoms with van der Waals surface area (Å²) in [6, 6.07) is 9.29. The summed E-state index contributed by atoms with van der Waals surface area (Å²) in [5, 5.41) is 6.98. The van der Waals surface area contributed by atoms with Crippen LogP contribution in [0.25, 0.3) is 0 Å². The Morgan fingerprint density at radius 2 is 1.70 bits per heavy atom. The van der Waals surface area contributed by atoms with E-state index in [-0.39, 0.29) is 29.9 Å². The molecule has 2 N–H and O–H groups in total. The monoisotopic (exact) mass is 570 g/mol. The summed E-state index contributed by atoms with van der Waals surface area (Å²) in [5.74, 6) is 1.90. The summed E-state index contributed by atoms with van der Waals surface area (Å²) < 4.78 is 0. The summed E-state index contributed by atoms with van der Waals surface area (Å²) in [6.45, 7) is 10.7. The first-order valence-corrected chi connectivity index (χ1v) is 12.3. The lowest BCUT2D eigenvalue weighted by molar-refractivity contribution is -0.130. The van der Waals surface area contributed by atoms with Gasteiger partial charge in [-0.05, 0) is 56.2 Å². The second-order valence-corrected chi connectivity index (χ2v) is 9.51. The molecule has 1 amide bonds. The van der Waals surface area contributed by atoms with Crippen molar-refractivity contribution < 1.29 is 4.79 Å². The van der Waals surface area contributed by atoms with Gasteiger partial charge in [-0.3, -0.25) is 9.69 Å². The molecule has 2 fully saturated rings. The molecular weight excluding hydrogens is 527 g/mol. The highest BCUT2D eigenvalue weighted by Gasteiger charge is 2.22. The van der Waals surface area contributed by atoms with Crippen LogP contribution in [-0.2, 0) is 11.3 Å². The first-order chi connectivity index (χ1) is 15.4.